The zero-order chi connectivity index (χ0) is 22.6. The molecule has 1 saturated heterocycles. The normalized spacial score (nSPS) is 35.8. The summed E-state index contributed by atoms with van der Waals surface area (Å²) < 4.78 is 22.2. The molecule has 1 heterocycles. The van der Waals surface area contributed by atoms with Crippen molar-refractivity contribution in [3.8, 4) is 5.75 Å². The molecular formula is C24H33Na2O7P. The molecule has 5 rings (SSSR count). The Hall–Kier alpha value is 0.790. The van der Waals surface area contributed by atoms with Crippen LogP contribution < -0.4 is 68.5 Å². The van der Waals surface area contributed by atoms with E-state index in [1.807, 2.05) is 6.07 Å². The molecular weight excluding hydrogens is 477 g/mol. The number of benzene rings is 1. The second-order valence-electron chi connectivity index (χ2n) is 9.61. The van der Waals surface area contributed by atoms with Crippen molar-refractivity contribution in [3.05, 3.63) is 41.0 Å². The molecule has 1 aromatic carbocycles. The van der Waals surface area contributed by atoms with Crippen LogP contribution in [0.2, 0.25) is 0 Å². The van der Waals surface area contributed by atoms with Gasteiger partial charge in [0, 0.05) is 24.5 Å². The van der Waals surface area contributed by atoms with Crippen molar-refractivity contribution in [2.45, 2.75) is 76.1 Å². The van der Waals surface area contributed by atoms with E-state index in [4.69, 9.17) is 19.0 Å². The van der Waals surface area contributed by atoms with Crippen molar-refractivity contribution >= 4 is 7.82 Å². The maximum atomic E-state index is 11.3. The zero-order valence-electron chi connectivity index (χ0n) is 21.7. The third kappa shape index (κ3) is 4.61. The van der Waals surface area contributed by atoms with Gasteiger partial charge in [0.05, 0.1) is 0 Å². The van der Waals surface area contributed by atoms with Gasteiger partial charge in [0.25, 0.3) is 5.79 Å². The van der Waals surface area contributed by atoms with E-state index in [9.17, 15) is 14.4 Å². The van der Waals surface area contributed by atoms with Crippen molar-refractivity contribution in [2.24, 2.45) is 17.8 Å². The third-order valence-corrected chi connectivity index (χ3v) is 8.56. The number of fused-ring (bicyclic) bond motifs is 1. The number of phosphoric acid groups is 1. The van der Waals surface area contributed by atoms with Crippen molar-refractivity contribution in [2.75, 3.05) is 7.11 Å². The van der Waals surface area contributed by atoms with Crippen LogP contribution in [-0.4, -0.2) is 17.6 Å². The minimum atomic E-state index is -4.93. The van der Waals surface area contributed by atoms with Crippen LogP contribution in [0.1, 0.15) is 71.7 Å². The van der Waals surface area contributed by atoms with Gasteiger partial charge in [-0.05, 0) is 63.0 Å². The maximum absolute atomic E-state index is 11.3. The number of ether oxygens (including phenoxy) is 1. The zero-order valence-corrected chi connectivity index (χ0v) is 25.6. The summed E-state index contributed by atoms with van der Waals surface area (Å²) in [6.07, 6.45) is 10.2. The molecule has 10 heteroatoms. The van der Waals surface area contributed by atoms with E-state index in [0.29, 0.717) is 11.5 Å². The van der Waals surface area contributed by atoms with Crippen LogP contribution in [0.15, 0.2) is 35.4 Å². The summed E-state index contributed by atoms with van der Waals surface area (Å²) in [5.74, 6) is -0.212. The first-order valence-corrected chi connectivity index (χ1v) is 13.3. The number of methoxy groups -OCH3 is 1. The number of hydrogen-bond donors (Lipinski definition) is 1. The van der Waals surface area contributed by atoms with Crippen LogP contribution >= 0.6 is 7.82 Å². The monoisotopic (exact) mass is 510 g/mol. The molecule has 1 spiro atoms. The molecule has 2 fully saturated rings. The van der Waals surface area contributed by atoms with Gasteiger partial charge in [-0.1, -0.05) is 43.0 Å². The average molecular weight is 510 g/mol. The summed E-state index contributed by atoms with van der Waals surface area (Å²) in [4.78, 5) is 32.5. The summed E-state index contributed by atoms with van der Waals surface area (Å²) in [6.45, 7) is 2.24. The molecule has 178 valence electrons. The van der Waals surface area contributed by atoms with Crippen LogP contribution in [0.3, 0.4) is 0 Å². The predicted octanol–water partition coefficient (Wildman–Crippen LogP) is -1.14. The third-order valence-electron chi connectivity index (χ3n) is 8.12. The summed E-state index contributed by atoms with van der Waals surface area (Å²) in [7, 11) is -3.30. The first kappa shape index (κ1) is 29.3. The molecule has 0 radical (unpaired) electrons. The number of phosphoric ester groups is 1. The molecule has 1 saturated carbocycles. The van der Waals surface area contributed by atoms with Crippen LogP contribution in [0.5, 0.6) is 5.75 Å². The van der Waals surface area contributed by atoms with Crippen molar-refractivity contribution in [3.63, 3.8) is 0 Å². The first-order chi connectivity index (χ1) is 15.4. The van der Waals surface area contributed by atoms with Gasteiger partial charge in [-0.2, -0.15) is 4.89 Å². The van der Waals surface area contributed by atoms with Gasteiger partial charge >= 0.3 is 66.9 Å². The maximum Gasteiger partial charge on any atom is 1.00 e. The smallest absolute Gasteiger partial charge is 1.00 e. The Labute approximate surface area is 247 Å². The SMILES string of the molecule is CCCC1C2=C(CCCC2)C2CCCC1C21OOC1(OC)c1cccc(OP(=O)([O-])O)c1.[H-].[Na+].[Na+]. The van der Waals surface area contributed by atoms with E-state index < -0.39 is 19.2 Å². The Balaban J connectivity index is 0.00000144. The van der Waals surface area contributed by atoms with E-state index in [2.05, 4.69) is 6.92 Å². The summed E-state index contributed by atoms with van der Waals surface area (Å²) in [6, 6.07) is 6.60. The second kappa shape index (κ2) is 11.3. The molecule has 6 atom stereocenters. The molecule has 4 aliphatic rings. The van der Waals surface area contributed by atoms with Crippen LogP contribution in [-0.2, 0) is 24.9 Å². The Morgan fingerprint density at radius 3 is 2.53 bits per heavy atom. The first-order valence-electron chi connectivity index (χ1n) is 11.8. The molecule has 34 heavy (non-hydrogen) atoms. The summed E-state index contributed by atoms with van der Waals surface area (Å²) in [5, 5.41) is 0. The van der Waals surface area contributed by atoms with Crippen LogP contribution in [0.25, 0.3) is 0 Å². The fraction of sp³-hybridized carbons (Fsp3) is 0.667. The Morgan fingerprint density at radius 2 is 1.91 bits per heavy atom. The fourth-order valence-electron chi connectivity index (χ4n) is 7.15. The molecule has 3 aliphatic carbocycles. The quantitative estimate of drug-likeness (QED) is 0.224. The second-order valence-corrected chi connectivity index (χ2v) is 10.7. The molecule has 1 aliphatic heterocycles. The molecule has 2 bridgehead atoms. The average Bonchev–Trinajstić information content (AvgIpc) is 2.75. The largest absolute Gasteiger partial charge is 1.00 e. The predicted molar refractivity (Wildman–Crippen MR) is 116 cm³/mol. The molecule has 0 aromatic heterocycles. The van der Waals surface area contributed by atoms with Crippen molar-refractivity contribution in [1.82, 2.24) is 0 Å². The number of hydrogen-bond acceptors (Lipinski definition) is 6. The van der Waals surface area contributed by atoms with Gasteiger partial charge in [0.15, 0.2) is 5.60 Å². The van der Waals surface area contributed by atoms with E-state index in [1.165, 1.54) is 25.3 Å². The van der Waals surface area contributed by atoms with E-state index in [-0.39, 0.29) is 78.1 Å². The van der Waals surface area contributed by atoms with Gasteiger partial charge in [-0.25, -0.2) is 4.89 Å². The van der Waals surface area contributed by atoms with Gasteiger partial charge in [0.2, 0.25) is 0 Å². The van der Waals surface area contributed by atoms with Crippen molar-refractivity contribution in [1.29, 1.82) is 0 Å². The molecule has 1 aromatic rings. The minimum absolute atomic E-state index is 0. The topological polar surface area (TPSA) is 97.3 Å². The van der Waals surface area contributed by atoms with Gasteiger partial charge < -0.3 is 20.5 Å². The Kier molecular flexibility index (Phi) is 9.72. The van der Waals surface area contributed by atoms with Gasteiger partial charge in [0.1, 0.15) is 5.75 Å². The minimum Gasteiger partial charge on any atom is -1.00 e. The number of rotatable bonds is 6. The fourth-order valence-corrected chi connectivity index (χ4v) is 7.53. The Morgan fingerprint density at radius 1 is 1.18 bits per heavy atom. The molecule has 6 unspecified atom stereocenters. The summed E-state index contributed by atoms with van der Waals surface area (Å²) >= 11 is 0. The standard InChI is InChI=1S/C24H33O7P.2Na.H/c1-3-8-19-18-11-4-5-12-20(18)22-14-7-13-21(19)23(22)24(28-2,31-30-23)16-9-6-10-17(15-16)29-32(25,26)27;;;/h6,9-10,15,19,21-22H,3-5,7-8,11-14H2,1-2H3,(H2,25,26,27);;;/q;2*+1;-1/p-1. The van der Waals surface area contributed by atoms with Gasteiger partial charge in [-0.3, -0.25) is 4.57 Å². The van der Waals surface area contributed by atoms with Gasteiger partial charge in [-0.15, -0.1) is 0 Å². The molecule has 7 nitrogen and oxygen atoms in total. The molecule has 1 N–H and O–H groups in total. The van der Waals surface area contributed by atoms with Crippen LogP contribution in [0.4, 0.5) is 0 Å². The molecule has 0 amide bonds. The van der Waals surface area contributed by atoms with Crippen molar-refractivity contribution < 1.29 is 93.9 Å². The Bertz CT molecular complexity index is 969. The van der Waals surface area contributed by atoms with Crippen LogP contribution in [0, 0.1) is 17.8 Å². The van der Waals surface area contributed by atoms with E-state index in [1.54, 1.807) is 30.4 Å². The number of allylic oxidation sites excluding steroid dienone is 1. The van der Waals surface area contributed by atoms with E-state index >= 15 is 0 Å². The summed E-state index contributed by atoms with van der Waals surface area (Å²) in [5.41, 5.74) is 3.18. The van der Waals surface area contributed by atoms with E-state index in [0.717, 1.165) is 38.5 Å².